The lowest BCUT2D eigenvalue weighted by Gasteiger charge is -2.35. The first-order valence-corrected chi connectivity index (χ1v) is 9.32. The molecule has 24 heavy (non-hydrogen) atoms. The number of hydrogen-bond donors (Lipinski definition) is 1. The second-order valence-corrected chi connectivity index (χ2v) is 7.05. The summed E-state index contributed by atoms with van der Waals surface area (Å²) in [6.45, 7) is 4.22. The minimum atomic E-state index is 0.0368. The molecule has 0 unspecified atom stereocenters. The molecule has 0 radical (unpaired) electrons. The molecule has 7 heteroatoms. The lowest BCUT2D eigenvalue weighted by Crippen LogP contribution is -2.53. The second kappa shape index (κ2) is 6.86. The summed E-state index contributed by atoms with van der Waals surface area (Å²) in [5.41, 5.74) is 2.08. The van der Waals surface area contributed by atoms with Crippen LogP contribution in [0.15, 0.2) is 29.9 Å². The third-order valence-corrected chi connectivity index (χ3v) is 5.59. The summed E-state index contributed by atoms with van der Waals surface area (Å²) >= 11 is 1.66. The molecule has 0 spiro atoms. The predicted molar refractivity (Wildman–Crippen MR) is 95.2 cm³/mol. The number of hydrogen-bond acceptors (Lipinski definition) is 6. The molecule has 0 aromatic carbocycles. The normalized spacial score (nSPS) is 21.2. The molecule has 0 saturated carbocycles. The van der Waals surface area contributed by atoms with E-state index in [1.54, 1.807) is 23.7 Å². The van der Waals surface area contributed by atoms with E-state index in [0.717, 1.165) is 62.0 Å². The van der Waals surface area contributed by atoms with Gasteiger partial charge in [0.15, 0.2) is 5.13 Å². The number of nitrogens with one attached hydrogen (secondary N) is 1. The SMILES string of the molecule is O=C([C@@H]1CCCN1)N1CCN(c2nc(-c3ccncc3)cs2)CC1. The largest absolute Gasteiger partial charge is 0.345 e. The van der Waals surface area contributed by atoms with E-state index >= 15 is 0 Å². The number of piperazine rings is 1. The highest BCUT2D eigenvalue weighted by molar-refractivity contribution is 7.14. The van der Waals surface area contributed by atoms with E-state index in [0.29, 0.717) is 0 Å². The highest BCUT2D eigenvalue weighted by Crippen LogP contribution is 2.27. The molecule has 2 aliphatic heterocycles. The Morgan fingerprint density at radius 3 is 2.71 bits per heavy atom. The Morgan fingerprint density at radius 2 is 2.00 bits per heavy atom. The molecule has 0 bridgehead atoms. The maximum absolute atomic E-state index is 12.5. The minimum Gasteiger partial charge on any atom is -0.345 e. The molecule has 2 aromatic rings. The summed E-state index contributed by atoms with van der Waals surface area (Å²) in [5, 5.41) is 6.42. The van der Waals surface area contributed by atoms with E-state index in [4.69, 9.17) is 4.98 Å². The molecular weight excluding hydrogens is 322 g/mol. The molecule has 4 heterocycles. The highest BCUT2D eigenvalue weighted by atomic mass is 32.1. The van der Waals surface area contributed by atoms with Gasteiger partial charge in [-0.2, -0.15) is 0 Å². The first kappa shape index (κ1) is 15.5. The molecular formula is C17H21N5OS. The Hall–Kier alpha value is -1.99. The van der Waals surface area contributed by atoms with Crippen LogP contribution >= 0.6 is 11.3 Å². The van der Waals surface area contributed by atoms with Crippen molar-refractivity contribution in [1.82, 2.24) is 20.2 Å². The van der Waals surface area contributed by atoms with E-state index < -0.39 is 0 Å². The number of nitrogens with zero attached hydrogens (tertiary/aromatic N) is 4. The third-order valence-electron chi connectivity index (χ3n) is 4.69. The van der Waals surface area contributed by atoms with E-state index in [1.165, 1.54) is 0 Å². The number of pyridine rings is 1. The lowest BCUT2D eigenvalue weighted by molar-refractivity contribution is -0.133. The standard InChI is InChI=1S/C17H21N5OS/c23-16(14-2-1-5-19-14)21-8-10-22(11-9-21)17-20-15(12-24-17)13-3-6-18-7-4-13/h3-4,6-7,12,14,19H,1-2,5,8-11H2/t14-/m0/s1. The molecule has 1 amide bonds. The van der Waals surface area contributed by atoms with Gasteiger partial charge in [-0.05, 0) is 31.5 Å². The van der Waals surface area contributed by atoms with Gasteiger partial charge >= 0.3 is 0 Å². The van der Waals surface area contributed by atoms with Crippen LogP contribution in [0.4, 0.5) is 5.13 Å². The van der Waals surface area contributed by atoms with Crippen LogP contribution in [0.25, 0.3) is 11.3 Å². The summed E-state index contributed by atoms with van der Waals surface area (Å²) in [4.78, 5) is 25.5. The Labute approximate surface area is 145 Å². The van der Waals surface area contributed by atoms with Crippen molar-refractivity contribution >= 4 is 22.4 Å². The fraction of sp³-hybridized carbons (Fsp3) is 0.471. The molecule has 1 atom stereocenters. The summed E-state index contributed by atoms with van der Waals surface area (Å²) in [6, 6.07) is 3.99. The van der Waals surface area contributed by atoms with Crippen molar-refractivity contribution in [2.45, 2.75) is 18.9 Å². The van der Waals surface area contributed by atoms with Crippen molar-refractivity contribution < 1.29 is 4.79 Å². The number of carbonyl (C=O) groups excluding carboxylic acids is 1. The molecule has 2 aromatic heterocycles. The molecule has 4 rings (SSSR count). The van der Waals surface area contributed by atoms with Crippen molar-refractivity contribution in [1.29, 1.82) is 0 Å². The number of thiazole rings is 1. The van der Waals surface area contributed by atoms with Gasteiger partial charge in [0.1, 0.15) is 0 Å². The average Bonchev–Trinajstić information content (AvgIpc) is 3.34. The number of amides is 1. The number of rotatable bonds is 3. The molecule has 6 nitrogen and oxygen atoms in total. The van der Waals surface area contributed by atoms with Gasteiger partial charge in [0.25, 0.3) is 0 Å². The van der Waals surface area contributed by atoms with Crippen LogP contribution in [0.2, 0.25) is 0 Å². The van der Waals surface area contributed by atoms with Crippen molar-refractivity contribution in [3.8, 4) is 11.3 Å². The van der Waals surface area contributed by atoms with Crippen LogP contribution in [0.3, 0.4) is 0 Å². The maximum atomic E-state index is 12.5. The smallest absolute Gasteiger partial charge is 0.239 e. The monoisotopic (exact) mass is 343 g/mol. The van der Waals surface area contributed by atoms with Crippen LogP contribution in [0.1, 0.15) is 12.8 Å². The van der Waals surface area contributed by atoms with E-state index in [1.807, 2.05) is 17.0 Å². The second-order valence-electron chi connectivity index (χ2n) is 6.21. The van der Waals surface area contributed by atoms with Crippen LogP contribution < -0.4 is 10.2 Å². The third kappa shape index (κ3) is 3.14. The summed E-state index contributed by atoms with van der Waals surface area (Å²) in [7, 11) is 0. The van der Waals surface area contributed by atoms with Crippen LogP contribution in [-0.2, 0) is 4.79 Å². The Balaban J connectivity index is 1.38. The number of aromatic nitrogens is 2. The molecule has 2 fully saturated rings. The Morgan fingerprint density at radius 1 is 1.21 bits per heavy atom. The Bertz CT molecular complexity index is 690. The molecule has 1 N–H and O–H groups in total. The van der Waals surface area contributed by atoms with E-state index in [9.17, 15) is 4.79 Å². The van der Waals surface area contributed by atoms with Crippen LogP contribution in [-0.4, -0.2) is 59.5 Å². The summed E-state index contributed by atoms with van der Waals surface area (Å²) in [6.07, 6.45) is 5.65. The highest BCUT2D eigenvalue weighted by Gasteiger charge is 2.29. The topological polar surface area (TPSA) is 61.4 Å². The summed E-state index contributed by atoms with van der Waals surface area (Å²) < 4.78 is 0. The van der Waals surface area contributed by atoms with Gasteiger partial charge in [-0.25, -0.2) is 4.98 Å². The van der Waals surface area contributed by atoms with Gasteiger partial charge in [-0.15, -0.1) is 11.3 Å². The van der Waals surface area contributed by atoms with Gasteiger partial charge in [0.2, 0.25) is 5.91 Å². The van der Waals surface area contributed by atoms with Crippen molar-refractivity contribution in [3.63, 3.8) is 0 Å². The average molecular weight is 343 g/mol. The molecule has 126 valence electrons. The first-order chi connectivity index (χ1) is 11.8. The zero-order valence-corrected chi connectivity index (χ0v) is 14.3. The summed E-state index contributed by atoms with van der Waals surface area (Å²) in [5.74, 6) is 0.267. The van der Waals surface area contributed by atoms with Crippen molar-refractivity contribution in [2.75, 3.05) is 37.6 Å². The van der Waals surface area contributed by atoms with Gasteiger partial charge in [-0.3, -0.25) is 9.78 Å². The zero-order chi connectivity index (χ0) is 16.4. The van der Waals surface area contributed by atoms with Crippen LogP contribution in [0, 0.1) is 0 Å². The van der Waals surface area contributed by atoms with Gasteiger partial charge in [-0.1, -0.05) is 0 Å². The fourth-order valence-electron chi connectivity index (χ4n) is 3.30. The molecule has 2 saturated heterocycles. The van der Waals surface area contributed by atoms with Crippen molar-refractivity contribution in [2.24, 2.45) is 0 Å². The maximum Gasteiger partial charge on any atom is 0.239 e. The quantitative estimate of drug-likeness (QED) is 0.917. The molecule has 0 aliphatic carbocycles. The van der Waals surface area contributed by atoms with Gasteiger partial charge < -0.3 is 15.1 Å². The van der Waals surface area contributed by atoms with E-state index in [2.05, 4.69) is 20.6 Å². The zero-order valence-electron chi connectivity index (χ0n) is 13.5. The lowest BCUT2D eigenvalue weighted by atomic mass is 10.2. The number of carbonyl (C=O) groups is 1. The van der Waals surface area contributed by atoms with E-state index in [-0.39, 0.29) is 11.9 Å². The fourth-order valence-corrected chi connectivity index (χ4v) is 4.19. The van der Waals surface area contributed by atoms with Gasteiger partial charge in [0.05, 0.1) is 11.7 Å². The van der Waals surface area contributed by atoms with Gasteiger partial charge in [0, 0.05) is 49.5 Å². The molecule has 2 aliphatic rings. The minimum absolute atomic E-state index is 0.0368. The van der Waals surface area contributed by atoms with Crippen molar-refractivity contribution in [3.05, 3.63) is 29.9 Å². The predicted octanol–water partition coefficient (Wildman–Crippen LogP) is 1.61. The Kier molecular flexibility index (Phi) is 4.44. The van der Waals surface area contributed by atoms with Crippen LogP contribution in [0.5, 0.6) is 0 Å². The number of anilines is 1. The first-order valence-electron chi connectivity index (χ1n) is 8.44.